The van der Waals surface area contributed by atoms with Crippen LogP contribution in [0.3, 0.4) is 0 Å². The zero-order chi connectivity index (χ0) is 11.5. The minimum atomic E-state index is -0.0657. The summed E-state index contributed by atoms with van der Waals surface area (Å²) < 4.78 is 13.7. The van der Waals surface area contributed by atoms with E-state index in [-0.39, 0.29) is 5.82 Å². The van der Waals surface area contributed by atoms with Crippen molar-refractivity contribution in [3.05, 3.63) is 29.6 Å². The van der Waals surface area contributed by atoms with Gasteiger partial charge in [-0.15, -0.1) is 11.8 Å². The Morgan fingerprint density at radius 1 is 1.38 bits per heavy atom. The first-order valence-corrected chi connectivity index (χ1v) is 6.84. The molecule has 1 heterocycles. The van der Waals surface area contributed by atoms with Gasteiger partial charge >= 0.3 is 0 Å². The van der Waals surface area contributed by atoms with Crippen LogP contribution in [-0.4, -0.2) is 11.8 Å². The molecule has 1 aromatic carbocycles. The standard InChI is InChI=1S/C13H18FNS/c1-3-6-11-12(15-4-2)9-7-5-8-10(14)13(9)16-11/h5,7-8,11-12,15H,3-4,6H2,1-2H3. The molecule has 0 fully saturated rings. The van der Waals surface area contributed by atoms with E-state index in [0.717, 1.165) is 29.8 Å². The molecule has 1 N–H and O–H groups in total. The lowest BCUT2D eigenvalue weighted by Crippen LogP contribution is -2.26. The Morgan fingerprint density at radius 3 is 2.88 bits per heavy atom. The van der Waals surface area contributed by atoms with Crippen LogP contribution < -0.4 is 5.32 Å². The van der Waals surface area contributed by atoms with Gasteiger partial charge in [-0.1, -0.05) is 32.4 Å². The summed E-state index contributed by atoms with van der Waals surface area (Å²) in [5.41, 5.74) is 1.14. The quantitative estimate of drug-likeness (QED) is 0.858. The number of halogens is 1. The Kier molecular flexibility index (Phi) is 3.87. The number of thioether (sulfide) groups is 1. The van der Waals surface area contributed by atoms with E-state index in [9.17, 15) is 4.39 Å². The molecule has 88 valence electrons. The van der Waals surface area contributed by atoms with Gasteiger partial charge in [0.1, 0.15) is 5.82 Å². The number of hydrogen-bond acceptors (Lipinski definition) is 2. The molecule has 0 spiro atoms. The van der Waals surface area contributed by atoms with Crippen molar-refractivity contribution in [2.75, 3.05) is 6.54 Å². The van der Waals surface area contributed by atoms with Crippen molar-refractivity contribution >= 4 is 11.8 Å². The van der Waals surface area contributed by atoms with E-state index >= 15 is 0 Å². The molecule has 1 aromatic rings. The summed E-state index contributed by atoms with van der Waals surface area (Å²) in [6.07, 6.45) is 2.28. The fraction of sp³-hybridized carbons (Fsp3) is 0.538. The molecular weight excluding hydrogens is 221 g/mol. The first kappa shape index (κ1) is 11.9. The van der Waals surface area contributed by atoms with Gasteiger partial charge in [-0.2, -0.15) is 0 Å². The lowest BCUT2D eigenvalue weighted by Gasteiger charge is -2.19. The molecule has 1 nitrogen and oxygen atoms in total. The maximum absolute atomic E-state index is 13.7. The predicted molar refractivity (Wildman–Crippen MR) is 67.4 cm³/mol. The van der Waals surface area contributed by atoms with Crippen molar-refractivity contribution in [2.24, 2.45) is 0 Å². The van der Waals surface area contributed by atoms with Gasteiger partial charge in [-0.05, 0) is 24.6 Å². The van der Waals surface area contributed by atoms with E-state index in [1.165, 1.54) is 0 Å². The number of nitrogens with one attached hydrogen (secondary N) is 1. The Hall–Kier alpha value is -0.540. The molecule has 16 heavy (non-hydrogen) atoms. The van der Waals surface area contributed by atoms with E-state index in [4.69, 9.17) is 0 Å². The summed E-state index contributed by atoms with van der Waals surface area (Å²) in [7, 11) is 0. The minimum Gasteiger partial charge on any atom is -0.309 e. The third-order valence-electron chi connectivity index (χ3n) is 2.97. The number of rotatable bonds is 4. The predicted octanol–water partition coefficient (Wildman–Crippen LogP) is 3.75. The highest BCUT2D eigenvalue weighted by Gasteiger charge is 2.33. The molecule has 2 atom stereocenters. The third-order valence-corrected chi connectivity index (χ3v) is 4.45. The molecule has 0 amide bonds. The van der Waals surface area contributed by atoms with Crippen LogP contribution in [0.2, 0.25) is 0 Å². The second kappa shape index (κ2) is 5.19. The summed E-state index contributed by atoms with van der Waals surface area (Å²) in [6, 6.07) is 5.74. The highest BCUT2D eigenvalue weighted by molar-refractivity contribution is 8.00. The molecule has 0 aromatic heterocycles. The van der Waals surface area contributed by atoms with Gasteiger partial charge in [0.05, 0.1) is 0 Å². The molecule has 0 saturated heterocycles. The zero-order valence-electron chi connectivity index (χ0n) is 9.79. The van der Waals surface area contributed by atoms with Crippen LogP contribution in [0.15, 0.2) is 23.1 Å². The lowest BCUT2D eigenvalue weighted by atomic mass is 10.0. The summed E-state index contributed by atoms with van der Waals surface area (Å²) in [6.45, 7) is 5.22. The monoisotopic (exact) mass is 239 g/mol. The van der Waals surface area contributed by atoms with Crippen molar-refractivity contribution in [3.8, 4) is 0 Å². The smallest absolute Gasteiger partial charge is 0.137 e. The average molecular weight is 239 g/mol. The first-order valence-electron chi connectivity index (χ1n) is 5.96. The fourth-order valence-electron chi connectivity index (χ4n) is 2.29. The average Bonchev–Trinajstić information content (AvgIpc) is 2.61. The molecule has 2 rings (SSSR count). The molecule has 0 saturated carbocycles. The van der Waals surface area contributed by atoms with Crippen LogP contribution in [0.25, 0.3) is 0 Å². The first-order chi connectivity index (χ1) is 7.77. The van der Waals surface area contributed by atoms with Gasteiger partial charge in [0, 0.05) is 16.2 Å². The van der Waals surface area contributed by atoms with E-state index < -0.39 is 0 Å². The van der Waals surface area contributed by atoms with Crippen LogP contribution in [0.1, 0.15) is 38.3 Å². The second-order valence-corrected chi connectivity index (χ2v) is 5.39. The molecule has 0 bridgehead atoms. The number of fused-ring (bicyclic) bond motifs is 1. The maximum atomic E-state index is 13.7. The SMILES string of the molecule is CCCC1Sc2c(F)cccc2C1NCC. The van der Waals surface area contributed by atoms with Gasteiger partial charge < -0.3 is 5.32 Å². The maximum Gasteiger partial charge on any atom is 0.137 e. The van der Waals surface area contributed by atoms with Crippen molar-refractivity contribution in [2.45, 2.75) is 42.9 Å². The van der Waals surface area contributed by atoms with E-state index in [1.807, 2.05) is 6.07 Å². The fourth-order valence-corrected chi connectivity index (χ4v) is 3.83. The van der Waals surface area contributed by atoms with Crippen LogP contribution in [0, 0.1) is 5.82 Å². The second-order valence-electron chi connectivity index (χ2n) is 4.14. The zero-order valence-corrected chi connectivity index (χ0v) is 10.6. The van der Waals surface area contributed by atoms with Gasteiger partial charge in [0.15, 0.2) is 0 Å². The number of benzene rings is 1. The molecule has 3 heteroatoms. The molecule has 0 radical (unpaired) electrons. The van der Waals surface area contributed by atoms with Gasteiger partial charge in [0.2, 0.25) is 0 Å². The highest BCUT2D eigenvalue weighted by atomic mass is 32.2. The molecule has 1 aliphatic rings. The van der Waals surface area contributed by atoms with Gasteiger partial charge in [-0.25, -0.2) is 4.39 Å². The molecule has 1 aliphatic heterocycles. The van der Waals surface area contributed by atoms with Crippen molar-refractivity contribution < 1.29 is 4.39 Å². The highest BCUT2D eigenvalue weighted by Crippen LogP contribution is 2.46. The third kappa shape index (κ3) is 2.11. The topological polar surface area (TPSA) is 12.0 Å². The summed E-state index contributed by atoms with van der Waals surface area (Å²) in [5, 5.41) is 3.96. The van der Waals surface area contributed by atoms with Crippen molar-refractivity contribution in [1.82, 2.24) is 5.32 Å². The molecule has 2 unspecified atom stereocenters. The van der Waals surface area contributed by atoms with Crippen molar-refractivity contribution in [3.63, 3.8) is 0 Å². The van der Waals surface area contributed by atoms with Gasteiger partial charge in [-0.3, -0.25) is 0 Å². The van der Waals surface area contributed by atoms with Crippen molar-refractivity contribution in [1.29, 1.82) is 0 Å². The number of hydrogen-bond donors (Lipinski definition) is 1. The van der Waals surface area contributed by atoms with Crippen LogP contribution in [-0.2, 0) is 0 Å². The van der Waals surface area contributed by atoms with E-state index in [2.05, 4.69) is 25.2 Å². The Labute approximate surface area is 101 Å². The normalized spacial score (nSPS) is 23.4. The van der Waals surface area contributed by atoms with Crippen LogP contribution >= 0.6 is 11.8 Å². The Balaban J connectivity index is 2.29. The van der Waals surface area contributed by atoms with Crippen LogP contribution in [0.5, 0.6) is 0 Å². The largest absolute Gasteiger partial charge is 0.309 e. The lowest BCUT2D eigenvalue weighted by molar-refractivity contribution is 0.508. The minimum absolute atomic E-state index is 0.0657. The van der Waals surface area contributed by atoms with Crippen LogP contribution in [0.4, 0.5) is 4.39 Å². The molecular formula is C13H18FNS. The van der Waals surface area contributed by atoms with E-state index in [0.29, 0.717) is 11.3 Å². The van der Waals surface area contributed by atoms with Gasteiger partial charge in [0.25, 0.3) is 0 Å². The summed E-state index contributed by atoms with van der Waals surface area (Å²) in [4.78, 5) is 0.854. The summed E-state index contributed by atoms with van der Waals surface area (Å²) >= 11 is 1.70. The Bertz CT molecular complexity index is 367. The summed E-state index contributed by atoms with van der Waals surface area (Å²) in [5.74, 6) is -0.0657. The Morgan fingerprint density at radius 2 is 2.19 bits per heavy atom. The van der Waals surface area contributed by atoms with E-state index in [1.54, 1.807) is 17.8 Å². The molecule has 0 aliphatic carbocycles.